The third-order valence-electron chi connectivity index (χ3n) is 7.21. The second-order valence-corrected chi connectivity index (χ2v) is 15.2. The summed E-state index contributed by atoms with van der Waals surface area (Å²) in [6.07, 6.45) is 2.69. The van der Waals surface area contributed by atoms with E-state index in [9.17, 15) is 15.0 Å². The van der Waals surface area contributed by atoms with Crippen LogP contribution >= 0.6 is 0 Å². The van der Waals surface area contributed by atoms with Crippen LogP contribution in [0.15, 0.2) is 24.3 Å². The number of benzene rings is 2. The number of amides is 1. The molecular weight excluding hydrogens is 484 g/mol. The minimum Gasteiger partial charge on any atom is -0.507 e. The summed E-state index contributed by atoms with van der Waals surface area (Å²) in [7, 11) is 0. The molecule has 0 bridgehead atoms. The molecule has 0 fully saturated rings. The lowest BCUT2D eigenvalue weighted by atomic mass is 9.78. The molecule has 218 valence electrons. The average molecular weight is 539 g/mol. The van der Waals surface area contributed by atoms with Gasteiger partial charge in [0.25, 0.3) is 0 Å². The van der Waals surface area contributed by atoms with Gasteiger partial charge in [-0.15, -0.1) is 0 Å². The Hall–Kier alpha value is -2.53. The van der Waals surface area contributed by atoms with Crippen molar-refractivity contribution in [3.8, 4) is 11.5 Å². The summed E-state index contributed by atoms with van der Waals surface area (Å²) < 4.78 is 0. The quantitative estimate of drug-likeness (QED) is 0.207. The molecule has 0 unspecified atom stereocenters. The summed E-state index contributed by atoms with van der Waals surface area (Å²) in [4.78, 5) is 12.6. The highest BCUT2D eigenvalue weighted by atomic mass is 16.3. The van der Waals surface area contributed by atoms with Gasteiger partial charge in [0, 0.05) is 13.0 Å². The zero-order chi connectivity index (χ0) is 30.0. The van der Waals surface area contributed by atoms with Gasteiger partial charge in [-0.25, -0.2) is 5.43 Å². The Kier molecular flexibility index (Phi) is 9.99. The first-order valence-corrected chi connectivity index (χ1v) is 14.4. The smallest absolute Gasteiger partial charge is 0.234 e. The van der Waals surface area contributed by atoms with Crippen LogP contribution in [0, 0.1) is 0 Å². The monoisotopic (exact) mass is 538 g/mol. The molecule has 0 aliphatic carbocycles. The van der Waals surface area contributed by atoms with Crippen molar-refractivity contribution < 1.29 is 15.0 Å². The van der Waals surface area contributed by atoms with Crippen LogP contribution in [0.3, 0.4) is 0 Å². The summed E-state index contributed by atoms with van der Waals surface area (Å²) in [5.74, 6) is 0.720. The Morgan fingerprint density at radius 1 is 0.615 bits per heavy atom. The second kappa shape index (κ2) is 11.9. The van der Waals surface area contributed by atoms with E-state index in [4.69, 9.17) is 0 Å². The first-order chi connectivity index (χ1) is 17.6. The number of hydrogen-bond acceptors (Lipinski definition) is 4. The number of aromatic hydroxyl groups is 2. The molecule has 5 heteroatoms. The molecule has 0 atom stereocenters. The van der Waals surface area contributed by atoms with Crippen LogP contribution in [-0.2, 0) is 39.3 Å². The van der Waals surface area contributed by atoms with Crippen molar-refractivity contribution in [2.24, 2.45) is 0 Å². The molecule has 0 aliphatic rings. The number of carbonyl (C=O) groups excluding carboxylic acids is 1. The Bertz CT molecular complexity index is 1080. The molecule has 0 aliphatic heterocycles. The summed E-state index contributed by atoms with van der Waals surface area (Å²) in [5.41, 5.74) is 11.3. The van der Waals surface area contributed by atoms with E-state index in [1.165, 1.54) is 5.56 Å². The lowest BCUT2D eigenvalue weighted by Crippen LogP contribution is -2.38. The van der Waals surface area contributed by atoms with Crippen molar-refractivity contribution in [1.29, 1.82) is 0 Å². The highest BCUT2D eigenvalue weighted by molar-refractivity contribution is 5.75. The third kappa shape index (κ3) is 8.99. The topological polar surface area (TPSA) is 81.6 Å². The van der Waals surface area contributed by atoms with Gasteiger partial charge in [-0.3, -0.25) is 10.2 Å². The Morgan fingerprint density at radius 3 is 1.28 bits per heavy atom. The standard InChI is InChI=1S/C34H54N2O3/c1-31(2,3)24-18-22(19-25(29(24)38)32(4,5)6)14-13-17-35-36-28(37)16-15-23-20-26(33(7,8)9)30(39)27(21-23)34(10,11)12/h18-21,35,38-39H,13-17H2,1-12H3,(H,36,37). The van der Waals surface area contributed by atoms with Gasteiger partial charge in [0.1, 0.15) is 11.5 Å². The molecule has 39 heavy (non-hydrogen) atoms. The van der Waals surface area contributed by atoms with Crippen LogP contribution in [0.1, 0.15) is 129 Å². The zero-order valence-electron chi connectivity index (χ0n) is 26.6. The number of hydrogen-bond donors (Lipinski definition) is 4. The molecule has 0 saturated carbocycles. The number of phenolic OH excluding ortho intramolecular Hbond substituents is 2. The van der Waals surface area contributed by atoms with Gasteiger partial charge in [0.2, 0.25) is 5.91 Å². The number of aryl methyl sites for hydroxylation is 2. The normalized spacial score (nSPS) is 13.0. The predicted molar refractivity (Wildman–Crippen MR) is 164 cm³/mol. The zero-order valence-corrected chi connectivity index (χ0v) is 26.6. The number of nitrogens with one attached hydrogen (secondary N) is 2. The molecule has 2 aromatic rings. The number of phenols is 2. The molecule has 0 aromatic heterocycles. The lowest BCUT2D eigenvalue weighted by Gasteiger charge is -2.28. The maximum atomic E-state index is 12.6. The van der Waals surface area contributed by atoms with Gasteiger partial charge < -0.3 is 10.2 Å². The first-order valence-electron chi connectivity index (χ1n) is 14.4. The van der Waals surface area contributed by atoms with E-state index in [1.807, 2.05) is 12.1 Å². The largest absolute Gasteiger partial charge is 0.507 e. The van der Waals surface area contributed by atoms with E-state index in [1.54, 1.807) is 0 Å². The Labute approximate surface area is 237 Å². The molecule has 4 N–H and O–H groups in total. The molecule has 2 aromatic carbocycles. The summed E-state index contributed by atoms with van der Waals surface area (Å²) >= 11 is 0. The maximum absolute atomic E-state index is 12.6. The van der Waals surface area contributed by atoms with Gasteiger partial charge in [-0.2, -0.15) is 0 Å². The van der Waals surface area contributed by atoms with E-state index in [2.05, 4.69) is 106 Å². The fourth-order valence-corrected chi connectivity index (χ4v) is 4.83. The SMILES string of the molecule is CC(C)(C)c1cc(CCCNNC(=O)CCc2cc(C(C)(C)C)c(O)c(C(C)(C)C)c2)cc(C(C)(C)C)c1O. The second-order valence-electron chi connectivity index (χ2n) is 15.2. The summed E-state index contributed by atoms with van der Waals surface area (Å²) in [6, 6.07) is 8.33. The van der Waals surface area contributed by atoms with Crippen molar-refractivity contribution in [3.05, 3.63) is 57.6 Å². The van der Waals surface area contributed by atoms with Crippen LogP contribution < -0.4 is 10.9 Å². The molecule has 5 nitrogen and oxygen atoms in total. The van der Waals surface area contributed by atoms with Crippen LogP contribution in [0.5, 0.6) is 11.5 Å². The minimum absolute atomic E-state index is 0.0487. The number of rotatable bonds is 8. The van der Waals surface area contributed by atoms with E-state index < -0.39 is 0 Å². The van der Waals surface area contributed by atoms with Crippen LogP contribution in [0.2, 0.25) is 0 Å². The van der Waals surface area contributed by atoms with Crippen molar-refractivity contribution in [2.75, 3.05) is 6.54 Å². The molecule has 0 heterocycles. The van der Waals surface area contributed by atoms with Gasteiger partial charge in [0.05, 0.1) is 0 Å². The Balaban J connectivity index is 1.97. The fourth-order valence-electron chi connectivity index (χ4n) is 4.83. The van der Waals surface area contributed by atoms with Crippen molar-refractivity contribution in [2.45, 2.75) is 130 Å². The van der Waals surface area contributed by atoms with E-state index in [-0.39, 0.29) is 27.6 Å². The van der Waals surface area contributed by atoms with Crippen molar-refractivity contribution in [1.82, 2.24) is 10.9 Å². The first kappa shape index (κ1) is 32.7. The summed E-state index contributed by atoms with van der Waals surface area (Å²) in [6.45, 7) is 26.0. The molecule has 0 saturated heterocycles. The van der Waals surface area contributed by atoms with E-state index in [0.29, 0.717) is 30.9 Å². The minimum atomic E-state index is -0.192. The number of carbonyl (C=O) groups is 1. The van der Waals surface area contributed by atoms with Crippen molar-refractivity contribution in [3.63, 3.8) is 0 Å². The van der Waals surface area contributed by atoms with Crippen LogP contribution in [0.25, 0.3) is 0 Å². The summed E-state index contributed by atoms with van der Waals surface area (Å²) in [5, 5.41) is 21.9. The third-order valence-corrected chi connectivity index (χ3v) is 7.21. The fraction of sp³-hybridized carbons (Fsp3) is 0.618. The number of hydrazine groups is 1. The van der Waals surface area contributed by atoms with Gasteiger partial charge in [-0.1, -0.05) is 107 Å². The lowest BCUT2D eigenvalue weighted by molar-refractivity contribution is -0.122. The highest BCUT2D eigenvalue weighted by Crippen LogP contribution is 2.41. The Morgan fingerprint density at radius 2 is 0.949 bits per heavy atom. The predicted octanol–water partition coefficient (Wildman–Crippen LogP) is 7.47. The highest BCUT2D eigenvalue weighted by Gasteiger charge is 2.27. The van der Waals surface area contributed by atoms with Crippen LogP contribution in [-0.4, -0.2) is 22.7 Å². The average Bonchev–Trinajstić information content (AvgIpc) is 2.75. The van der Waals surface area contributed by atoms with Gasteiger partial charge >= 0.3 is 0 Å². The molecule has 1 amide bonds. The maximum Gasteiger partial charge on any atom is 0.234 e. The van der Waals surface area contributed by atoms with Gasteiger partial charge in [0.15, 0.2) is 0 Å². The van der Waals surface area contributed by atoms with E-state index >= 15 is 0 Å². The molecular formula is C34H54N2O3. The van der Waals surface area contributed by atoms with Gasteiger partial charge in [-0.05, 0) is 74.3 Å². The molecule has 0 spiro atoms. The van der Waals surface area contributed by atoms with E-state index in [0.717, 1.165) is 40.7 Å². The molecule has 0 radical (unpaired) electrons. The van der Waals surface area contributed by atoms with Crippen molar-refractivity contribution >= 4 is 5.91 Å². The van der Waals surface area contributed by atoms with Crippen LogP contribution in [0.4, 0.5) is 0 Å². The molecule has 2 rings (SSSR count).